The summed E-state index contributed by atoms with van der Waals surface area (Å²) >= 11 is 0. The van der Waals surface area contributed by atoms with E-state index in [9.17, 15) is 20.1 Å². The molecule has 242 valence electrons. The summed E-state index contributed by atoms with van der Waals surface area (Å²) in [5.41, 5.74) is 2.61. The van der Waals surface area contributed by atoms with Gasteiger partial charge in [0.05, 0.1) is 0 Å². The van der Waals surface area contributed by atoms with Crippen LogP contribution in [0.5, 0.6) is 11.5 Å². The van der Waals surface area contributed by atoms with E-state index in [1.54, 1.807) is 12.1 Å². The number of rotatable bonds is 5. The number of aliphatic hydroxyl groups is 1. The summed E-state index contributed by atoms with van der Waals surface area (Å²) in [6.07, 6.45) is 14.5. The molecule has 5 saturated carbocycles. The average molecular weight is 605 g/mol. The van der Waals surface area contributed by atoms with E-state index in [0.29, 0.717) is 41.8 Å². The molecule has 3 N–H and O–H groups in total. The number of benzene rings is 1. The third-order valence-electron chi connectivity index (χ3n) is 15.2. The summed E-state index contributed by atoms with van der Waals surface area (Å²) < 4.78 is 6.18. The lowest BCUT2D eigenvalue weighted by Gasteiger charge is -2.73. The van der Waals surface area contributed by atoms with E-state index in [1.807, 2.05) is 0 Å². The van der Waals surface area contributed by atoms with Gasteiger partial charge in [0, 0.05) is 18.1 Å². The first-order valence-corrected chi connectivity index (χ1v) is 17.3. The Morgan fingerprint density at radius 2 is 1.66 bits per heavy atom. The van der Waals surface area contributed by atoms with Crippen molar-refractivity contribution in [3.05, 3.63) is 42.0 Å². The van der Waals surface area contributed by atoms with Crippen molar-refractivity contribution in [3.8, 4) is 11.5 Å². The first kappa shape index (κ1) is 31.7. The van der Waals surface area contributed by atoms with Crippen LogP contribution in [0.1, 0.15) is 111 Å². The van der Waals surface area contributed by atoms with Crippen molar-refractivity contribution in [2.75, 3.05) is 6.61 Å². The Hall–Kier alpha value is -2.27. The number of hydrogen-bond donors (Lipinski definition) is 3. The normalized spacial score (nSPS) is 44.2. The fourth-order valence-electron chi connectivity index (χ4n) is 12.7. The summed E-state index contributed by atoms with van der Waals surface area (Å²) in [5.74, 6) is 2.10. The van der Waals surface area contributed by atoms with Gasteiger partial charge in [0.15, 0.2) is 11.5 Å². The smallest absolute Gasteiger partial charge is 0.331 e. The number of phenolic OH excluding ortho intramolecular Hbond substituents is 2. The molecule has 0 saturated heterocycles. The highest BCUT2D eigenvalue weighted by atomic mass is 16.5. The second kappa shape index (κ2) is 10.6. The van der Waals surface area contributed by atoms with Crippen LogP contribution in [0.4, 0.5) is 0 Å². The van der Waals surface area contributed by atoms with Crippen LogP contribution < -0.4 is 0 Å². The fourth-order valence-corrected chi connectivity index (χ4v) is 12.7. The predicted molar refractivity (Wildman–Crippen MR) is 175 cm³/mol. The zero-order chi connectivity index (χ0) is 31.9. The van der Waals surface area contributed by atoms with Crippen LogP contribution >= 0.6 is 0 Å². The number of aliphatic hydroxyl groups excluding tert-OH is 1. The molecule has 44 heavy (non-hydrogen) atoms. The van der Waals surface area contributed by atoms with Crippen molar-refractivity contribution in [2.45, 2.75) is 112 Å². The Bertz CT molecular complexity index is 1350. The van der Waals surface area contributed by atoms with Crippen LogP contribution in [0.2, 0.25) is 0 Å². The Morgan fingerprint density at radius 1 is 0.909 bits per heavy atom. The van der Waals surface area contributed by atoms with Gasteiger partial charge in [-0.2, -0.15) is 0 Å². The van der Waals surface area contributed by atoms with E-state index < -0.39 is 0 Å². The second-order valence-corrected chi connectivity index (χ2v) is 17.1. The molecular weight excluding hydrogens is 548 g/mol. The summed E-state index contributed by atoms with van der Waals surface area (Å²) in [6, 6.07) is 4.51. The SMILES string of the molecule is C=C(C)[C@@H]1CC[C@]2(CO)CC[C@]3(C)C(CCC4[C@@]5(C)CC[C@H](OC(=O)/C=C/c6ccc(O)c(O)c6)C(C)(C)C5CC[C@]43C)C12. The first-order valence-electron chi connectivity index (χ1n) is 17.3. The van der Waals surface area contributed by atoms with Gasteiger partial charge in [0.1, 0.15) is 6.10 Å². The third-order valence-corrected chi connectivity index (χ3v) is 15.2. The largest absolute Gasteiger partial charge is 0.504 e. The summed E-state index contributed by atoms with van der Waals surface area (Å²) in [6.45, 7) is 19.5. The molecule has 0 aromatic heterocycles. The van der Waals surface area contributed by atoms with Crippen molar-refractivity contribution >= 4 is 12.0 Å². The summed E-state index contributed by atoms with van der Waals surface area (Å²) in [7, 11) is 0. The van der Waals surface area contributed by atoms with Crippen molar-refractivity contribution in [3.63, 3.8) is 0 Å². The molecule has 4 unspecified atom stereocenters. The van der Waals surface area contributed by atoms with E-state index in [-0.39, 0.29) is 50.6 Å². The van der Waals surface area contributed by atoms with Crippen LogP contribution in [0.25, 0.3) is 6.08 Å². The molecule has 0 heterocycles. The van der Waals surface area contributed by atoms with Gasteiger partial charge in [-0.15, -0.1) is 0 Å². The van der Waals surface area contributed by atoms with E-state index in [0.717, 1.165) is 32.1 Å². The van der Waals surface area contributed by atoms with Crippen molar-refractivity contribution in [1.29, 1.82) is 0 Å². The number of hydrogen-bond acceptors (Lipinski definition) is 5. The van der Waals surface area contributed by atoms with Crippen molar-refractivity contribution in [2.24, 2.45) is 56.7 Å². The maximum absolute atomic E-state index is 13.0. The average Bonchev–Trinajstić information content (AvgIpc) is 3.36. The standard InChI is InChI=1S/C39H56O5/c1-24(2)26-14-19-39(23-40)21-20-37(6)27(34(26)39)10-12-31-36(5)17-16-32(35(3,4)30(36)15-18-38(31,37)7)44-33(43)13-9-25-8-11-28(41)29(42)22-25/h8-9,11,13,22,26-27,30-32,34,40-42H,1,10,12,14-21,23H2,2-7H3/b13-9+/t26-,27?,30?,31?,32-,34?,36-,37+,38+,39+/m0/s1. The third kappa shape index (κ3) is 4.45. The Balaban J connectivity index is 1.22. The molecule has 5 aliphatic rings. The van der Waals surface area contributed by atoms with Gasteiger partial charge in [-0.1, -0.05) is 52.8 Å². The van der Waals surface area contributed by atoms with Gasteiger partial charge >= 0.3 is 5.97 Å². The topological polar surface area (TPSA) is 87.0 Å². The number of fused-ring (bicyclic) bond motifs is 7. The molecule has 6 rings (SSSR count). The van der Waals surface area contributed by atoms with E-state index in [4.69, 9.17) is 4.74 Å². The number of allylic oxidation sites excluding steroid dienone is 1. The Kier molecular flexibility index (Phi) is 7.67. The van der Waals surface area contributed by atoms with Gasteiger partial charge in [0.2, 0.25) is 0 Å². The van der Waals surface area contributed by atoms with Gasteiger partial charge in [-0.3, -0.25) is 0 Å². The molecule has 1 aromatic rings. The van der Waals surface area contributed by atoms with Gasteiger partial charge in [-0.05, 0) is 146 Å². The molecule has 10 atom stereocenters. The Labute approximate surface area is 265 Å². The molecule has 5 fully saturated rings. The van der Waals surface area contributed by atoms with Crippen LogP contribution in [-0.4, -0.2) is 34.0 Å². The molecule has 0 amide bonds. The molecule has 1 aromatic carbocycles. The highest BCUT2D eigenvalue weighted by molar-refractivity contribution is 5.87. The predicted octanol–water partition coefficient (Wildman–Crippen LogP) is 8.67. The van der Waals surface area contributed by atoms with Crippen LogP contribution in [0.3, 0.4) is 0 Å². The van der Waals surface area contributed by atoms with E-state index in [2.05, 4.69) is 48.1 Å². The maximum Gasteiger partial charge on any atom is 0.331 e. The minimum atomic E-state index is -0.355. The zero-order valence-corrected chi connectivity index (χ0v) is 28.0. The lowest BCUT2D eigenvalue weighted by atomic mass is 9.32. The Morgan fingerprint density at radius 3 is 2.34 bits per heavy atom. The summed E-state index contributed by atoms with van der Waals surface area (Å²) in [5, 5.41) is 30.2. The molecule has 0 bridgehead atoms. The van der Waals surface area contributed by atoms with Gasteiger partial charge in [0.25, 0.3) is 0 Å². The van der Waals surface area contributed by atoms with E-state index in [1.165, 1.54) is 55.9 Å². The van der Waals surface area contributed by atoms with Crippen LogP contribution in [0.15, 0.2) is 36.4 Å². The van der Waals surface area contributed by atoms with Crippen LogP contribution in [-0.2, 0) is 9.53 Å². The number of phenols is 2. The van der Waals surface area contributed by atoms with Crippen molar-refractivity contribution in [1.82, 2.24) is 0 Å². The maximum atomic E-state index is 13.0. The quantitative estimate of drug-likeness (QED) is 0.135. The highest BCUT2D eigenvalue weighted by Crippen LogP contribution is 2.77. The number of esters is 1. The summed E-state index contributed by atoms with van der Waals surface area (Å²) in [4.78, 5) is 13.0. The second-order valence-electron chi connectivity index (χ2n) is 17.1. The molecule has 5 aliphatic carbocycles. The first-order chi connectivity index (χ1) is 20.6. The monoisotopic (exact) mass is 604 g/mol. The fraction of sp³-hybridized carbons (Fsp3) is 0.718. The van der Waals surface area contributed by atoms with Gasteiger partial charge < -0.3 is 20.1 Å². The van der Waals surface area contributed by atoms with Crippen molar-refractivity contribution < 1.29 is 24.9 Å². The number of aromatic hydroxyl groups is 2. The molecule has 5 heteroatoms. The lowest BCUT2D eigenvalue weighted by Crippen LogP contribution is -2.67. The van der Waals surface area contributed by atoms with Gasteiger partial charge in [-0.25, -0.2) is 4.79 Å². The lowest BCUT2D eigenvalue weighted by molar-refractivity contribution is -0.251. The van der Waals surface area contributed by atoms with Crippen LogP contribution in [0, 0.1) is 56.7 Å². The number of carbonyl (C=O) groups excluding carboxylic acids is 1. The molecule has 0 radical (unpaired) electrons. The highest BCUT2D eigenvalue weighted by Gasteiger charge is 2.71. The minimum absolute atomic E-state index is 0.0825. The van der Waals surface area contributed by atoms with E-state index >= 15 is 0 Å². The zero-order valence-electron chi connectivity index (χ0n) is 28.0. The molecule has 0 spiro atoms. The minimum Gasteiger partial charge on any atom is -0.504 e. The number of carbonyl (C=O) groups is 1. The molecule has 5 nitrogen and oxygen atoms in total. The molecular formula is C39H56O5. The molecule has 0 aliphatic heterocycles. The number of ether oxygens (including phenoxy) is 1.